The van der Waals surface area contributed by atoms with Crippen LogP contribution in [0.3, 0.4) is 0 Å². The third-order valence-corrected chi connectivity index (χ3v) is 5.52. The second-order valence-corrected chi connectivity index (χ2v) is 7.53. The Hall–Kier alpha value is -2.18. The van der Waals surface area contributed by atoms with E-state index in [0.29, 0.717) is 25.1 Å². The number of nitrogens with one attached hydrogen (secondary N) is 1. The summed E-state index contributed by atoms with van der Waals surface area (Å²) in [4.78, 5) is 14.6. The van der Waals surface area contributed by atoms with Crippen LogP contribution in [0.25, 0.3) is 0 Å². The monoisotopic (exact) mass is 344 g/mol. The molecule has 0 spiro atoms. The first-order valence-corrected chi connectivity index (χ1v) is 9.51. The molecule has 1 N–H and O–H groups in total. The number of fused-ring (bicyclic) bond motifs is 1. The van der Waals surface area contributed by atoms with Crippen molar-refractivity contribution in [2.45, 2.75) is 24.7 Å². The van der Waals surface area contributed by atoms with E-state index in [1.807, 2.05) is 25.1 Å². The standard InChI is InChI=1S/C18H20N2O3S/c1-2-11-19-24(22,23)16-8-9-17-15(13-16)10-12-20(17)18(21)14-6-4-3-5-7-14/h3-9,13,19H,2,10-12H2,1H3. The van der Waals surface area contributed by atoms with Gasteiger partial charge in [-0.15, -0.1) is 0 Å². The lowest BCUT2D eigenvalue weighted by molar-refractivity contribution is 0.0989. The van der Waals surface area contributed by atoms with Crippen molar-refractivity contribution in [3.8, 4) is 0 Å². The molecule has 0 saturated heterocycles. The zero-order chi connectivity index (χ0) is 17.2. The van der Waals surface area contributed by atoms with Gasteiger partial charge in [-0.25, -0.2) is 13.1 Å². The maximum atomic E-state index is 12.6. The van der Waals surface area contributed by atoms with Crippen molar-refractivity contribution < 1.29 is 13.2 Å². The Kier molecular flexibility index (Phi) is 4.69. The topological polar surface area (TPSA) is 66.5 Å². The second kappa shape index (κ2) is 6.75. The zero-order valence-electron chi connectivity index (χ0n) is 13.5. The number of carbonyl (C=O) groups is 1. The van der Waals surface area contributed by atoms with Crippen molar-refractivity contribution in [3.05, 3.63) is 59.7 Å². The molecule has 0 bridgehead atoms. The SMILES string of the molecule is CCCNS(=O)(=O)c1ccc2c(c1)CCN2C(=O)c1ccccc1. The highest BCUT2D eigenvalue weighted by molar-refractivity contribution is 7.89. The number of carbonyl (C=O) groups excluding carboxylic acids is 1. The van der Waals surface area contributed by atoms with Crippen LogP contribution in [0.5, 0.6) is 0 Å². The number of rotatable bonds is 5. The normalized spacial score (nSPS) is 13.8. The average Bonchev–Trinajstić information content (AvgIpc) is 3.03. The van der Waals surface area contributed by atoms with Crippen LogP contribution in [0.4, 0.5) is 5.69 Å². The first kappa shape index (κ1) is 16.7. The van der Waals surface area contributed by atoms with Crippen LogP contribution in [0.1, 0.15) is 29.3 Å². The van der Waals surface area contributed by atoms with E-state index in [1.54, 1.807) is 35.2 Å². The van der Waals surface area contributed by atoms with Crippen LogP contribution >= 0.6 is 0 Å². The molecule has 0 radical (unpaired) electrons. The maximum Gasteiger partial charge on any atom is 0.258 e. The van der Waals surface area contributed by atoms with Gasteiger partial charge in [0.25, 0.3) is 5.91 Å². The van der Waals surface area contributed by atoms with Crippen molar-refractivity contribution in [2.24, 2.45) is 0 Å². The van der Waals surface area contributed by atoms with E-state index in [2.05, 4.69) is 4.72 Å². The number of benzene rings is 2. The fraction of sp³-hybridized carbons (Fsp3) is 0.278. The summed E-state index contributed by atoms with van der Waals surface area (Å²) in [7, 11) is -3.49. The minimum absolute atomic E-state index is 0.0611. The summed E-state index contributed by atoms with van der Waals surface area (Å²) in [6.07, 6.45) is 1.40. The van der Waals surface area contributed by atoms with Crippen molar-refractivity contribution in [1.29, 1.82) is 0 Å². The highest BCUT2D eigenvalue weighted by Gasteiger charge is 2.27. The smallest absolute Gasteiger partial charge is 0.258 e. The van der Waals surface area contributed by atoms with Gasteiger partial charge in [0, 0.05) is 24.3 Å². The van der Waals surface area contributed by atoms with Gasteiger partial charge in [0.1, 0.15) is 0 Å². The van der Waals surface area contributed by atoms with Crippen LogP contribution < -0.4 is 9.62 Å². The van der Waals surface area contributed by atoms with Gasteiger partial charge < -0.3 is 4.90 Å². The molecule has 126 valence electrons. The van der Waals surface area contributed by atoms with Crippen molar-refractivity contribution in [1.82, 2.24) is 4.72 Å². The molecule has 1 amide bonds. The Morgan fingerprint density at radius 3 is 2.62 bits per heavy atom. The summed E-state index contributed by atoms with van der Waals surface area (Å²) < 4.78 is 27.0. The molecule has 2 aromatic carbocycles. The van der Waals surface area contributed by atoms with E-state index in [1.165, 1.54) is 0 Å². The predicted octanol–water partition coefficient (Wildman–Crippen LogP) is 2.58. The average molecular weight is 344 g/mol. The summed E-state index contributed by atoms with van der Waals surface area (Å²) in [5.74, 6) is -0.0611. The van der Waals surface area contributed by atoms with E-state index in [-0.39, 0.29) is 10.8 Å². The first-order valence-electron chi connectivity index (χ1n) is 8.02. The molecule has 0 saturated carbocycles. The molecule has 0 fully saturated rings. The molecule has 3 rings (SSSR count). The van der Waals surface area contributed by atoms with Gasteiger partial charge in [0.2, 0.25) is 10.0 Å². The lowest BCUT2D eigenvalue weighted by Crippen LogP contribution is -2.28. The number of nitrogens with zero attached hydrogens (tertiary/aromatic N) is 1. The highest BCUT2D eigenvalue weighted by Crippen LogP contribution is 2.31. The predicted molar refractivity (Wildman–Crippen MR) is 93.7 cm³/mol. The zero-order valence-corrected chi connectivity index (χ0v) is 14.3. The Labute approximate surface area is 142 Å². The molecule has 24 heavy (non-hydrogen) atoms. The largest absolute Gasteiger partial charge is 0.308 e. The quantitative estimate of drug-likeness (QED) is 0.906. The Bertz CT molecular complexity index is 848. The molecule has 5 nitrogen and oxygen atoms in total. The summed E-state index contributed by atoms with van der Waals surface area (Å²) in [6, 6.07) is 14.1. The van der Waals surface area contributed by atoms with Crippen LogP contribution in [-0.2, 0) is 16.4 Å². The third kappa shape index (κ3) is 3.20. The summed E-state index contributed by atoms with van der Waals surface area (Å²) >= 11 is 0. The van der Waals surface area contributed by atoms with Crippen LogP contribution in [0, 0.1) is 0 Å². The van der Waals surface area contributed by atoms with Gasteiger partial charge in [-0.05, 0) is 48.7 Å². The summed E-state index contributed by atoms with van der Waals surface area (Å²) in [6.45, 7) is 2.89. The number of hydrogen-bond acceptors (Lipinski definition) is 3. The maximum absolute atomic E-state index is 12.6. The molecule has 0 atom stereocenters. The van der Waals surface area contributed by atoms with E-state index in [4.69, 9.17) is 0 Å². The van der Waals surface area contributed by atoms with E-state index in [0.717, 1.165) is 17.7 Å². The van der Waals surface area contributed by atoms with E-state index >= 15 is 0 Å². The molecule has 1 aliphatic heterocycles. The van der Waals surface area contributed by atoms with E-state index in [9.17, 15) is 13.2 Å². The molecule has 2 aromatic rings. The van der Waals surface area contributed by atoms with E-state index < -0.39 is 10.0 Å². The third-order valence-electron chi connectivity index (χ3n) is 4.06. The molecule has 0 aromatic heterocycles. The highest BCUT2D eigenvalue weighted by atomic mass is 32.2. The van der Waals surface area contributed by atoms with Gasteiger partial charge in [-0.2, -0.15) is 0 Å². The second-order valence-electron chi connectivity index (χ2n) is 5.76. The first-order chi connectivity index (χ1) is 11.5. The van der Waals surface area contributed by atoms with Crippen LogP contribution in [0.15, 0.2) is 53.4 Å². The molecule has 1 aliphatic rings. The van der Waals surface area contributed by atoms with Gasteiger partial charge in [-0.1, -0.05) is 25.1 Å². The Morgan fingerprint density at radius 1 is 1.17 bits per heavy atom. The van der Waals surface area contributed by atoms with Crippen molar-refractivity contribution >= 4 is 21.6 Å². The minimum Gasteiger partial charge on any atom is -0.308 e. The molecule has 6 heteroatoms. The van der Waals surface area contributed by atoms with Crippen molar-refractivity contribution in [3.63, 3.8) is 0 Å². The number of sulfonamides is 1. The van der Waals surface area contributed by atoms with Crippen LogP contribution in [-0.4, -0.2) is 27.4 Å². The lowest BCUT2D eigenvalue weighted by Gasteiger charge is -2.17. The van der Waals surface area contributed by atoms with Gasteiger partial charge in [0.05, 0.1) is 4.90 Å². The summed E-state index contributed by atoms with van der Waals surface area (Å²) in [5, 5.41) is 0. The molecule has 1 heterocycles. The van der Waals surface area contributed by atoms with Gasteiger partial charge >= 0.3 is 0 Å². The Morgan fingerprint density at radius 2 is 1.92 bits per heavy atom. The molecular formula is C18H20N2O3S. The number of amides is 1. The lowest BCUT2D eigenvalue weighted by atomic mass is 10.1. The summed E-state index contributed by atoms with van der Waals surface area (Å²) in [5.41, 5.74) is 2.31. The fourth-order valence-electron chi connectivity index (χ4n) is 2.81. The molecule has 0 aliphatic carbocycles. The van der Waals surface area contributed by atoms with Crippen molar-refractivity contribution in [2.75, 3.05) is 18.0 Å². The van der Waals surface area contributed by atoms with Crippen LogP contribution in [0.2, 0.25) is 0 Å². The molecule has 0 unspecified atom stereocenters. The molecular weight excluding hydrogens is 324 g/mol. The minimum atomic E-state index is -3.49. The van der Waals surface area contributed by atoms with Gasteiger partial charge in [0.15, 0.2) is 0 Å². The Balaban J connectivity index is 1.87. The van der Waals surface area contributed by atoms with Gasteiger partial charge in [-0.3, -0.25) is 4.79 Å². The number of hydrogen-bond donors (Lipinski definition) is 1. The fourth-order valence-corrected chi connectivity index (χ4v) is 4.00. The number of anilines is 1.